The van der Waals surface area contributed by atoms with Crippen molar-refractivity contribution in [3.05, 3.63) is 59.6 Å². The van der Waals surface area contributed by atoms with Crippen molar-refractivity contribution in [2.45, 2.75) is 44.3 Å². The summed E-state index contributed by atoms with van der Waals surface area (Å²) in [5.41, 5.74) is 15.2. The van der Waals surface area contributed by atoms with Crippen LogP contribution >= 0.6 is 11.3 Å². The zero-order valence-corrected chi connectivity index (χ0v) is 18.3. The topological polar surface area (TPSA) is 106 Å². The molecule has 164 valence electrons. The molecule has 5 rings (SSSR count). The second kappa shape index (κ2) is 8.44. The molecule has 6 N–H and O–H groups in total. The van der Waals surface area contributed by atoms with Gasteiger partial charge in [-0.25, -0.2) is 15.5 Å². The van der Waals surface area contributed by atoms with Crippen LogP contribution in [0.3, 0.4) is 0 Å². The lowest BCUT2D eigenvalue weighted by molar-refractivity contribution is 0.0399. The van der Waals surface area contributed by atoms with Crippen molar-refractivity contribution in [3.8, 4) is 16.3 Å². The fourth-order valence-corrected chi connectivity index (χ4v) is 5.73. The third-order valence-electron chi connectivity index (χ3n) is 6.51. The Morgan fingerprint density at radius 3 is 2.06 bits per heavy atom. The minimum absolute atomic E-state index is 0.0104. The van der Waals surface area contributed by atoms with Crippen LogP contribution in [0.15, 0.2) is 54.0 Å². The molecule has 0 aliphatic carbocycles. The Labute approximate surface area is 185 Å². The molecule has 8 nitrogen and oxygen atoms in total. The Bertz CT molecular complexity index is 966. The molecule has 2 aromatic heterocycles. The Hall–Kier alpha value is -2.11. The number of rotatable bonds is 5. The minimum atomic E-state index is -0.740. The van der Waals surface area contributed by atoms with Crippen LogP contribution in [0.25, 0.3) is 16.3 Å². The van der Waals surface area contributed by atoms with Crippen LogP contribution in [0, 0.1) is 11.8 Å². The van der Waals surface area contributed by atoms with Gasteiger partial charge in [0.15, 0.2) is 0 Å². The number of hydrogen-bond donors (Lipinski definition) is 6. The number of aromatic nitrogens is 2. The highest BCUT2D eigenvalue weighted by Crippen LogP contribution is 2.45. The highest BCUT2D eigenvalue weighted by atomic mass is 32.1. The fourth-order valence-electron chi connectivity index (χ4n) is 5.00. The summed E-state index contributed by atoms with van der Waals surface area (Å²) < 4.78 is 1.90. The van der Waals surface area contributed by atoms with Crippen molar-refractivity contribution >= 4 is 11.3 Å². The molecular weight excluding hydrogens is 412 g/mol. The lowest BCUT2D eigenvalue weighted by Gasteiger charge is -2.35. The van der Waals surface area contributed by atoms with Crippen molar-refractivity contribution in [3.63, 3.8) is 0 Å². The van der Waals surface area contributed by atoms with Crippen LogP contribution in [0.2, 0.25) is 0 Å². The number of thiophene rings is 1. The van der Waals surface area contributed by atoms with E-state index in [1.807, 2.05) is 46.5 Å². The maximum absolute atomic E-state index is 10.8. The van der Waals surface area contributed by atoms with E-state index in [9.17, 15) is 10.2 Å². The first-order chi connectivity index (χ1) is 15.0. The molecule has 2 aliphatic rings. The third-order valence-corrected chi connectivity index (χ3v) is 7.38. The third kappa shape index (κ3) is 3.72. The molecule has 0 bridgehead atoms. The average molecular weight is 441 g/mol. The summed E-state index contributed by atoms with van der Waals surface area (Å²) in [5, 5.41) is 28.7. The number of aliphatic hydroxyl groups is 2. The fraction of sp³-hybridized carbons (Fsp3) is 0.409. The van der Waals surface area contributed by atoms with Crippen LogP contribution in [0.5, 0.6) is 0 Å². The summed E-state index contributed by atoms with van der Waals surface area (Å²) in [7, 11) is 0. The van der Waals surface area contributed by atoms with Crippen molar-refractivity contribution < 1.29 is 10.2 Å². The second-order valence-electron chi connectivity index (χ2n) is 8.42. The zero-order valence-electron chi connectivity index (χ0n) is 17.4. The molecule has 2 aliphatic heterocycles. The van der Waals surface area contributed by atoms with E-state index in [4.69, 9.17) is 5.10 Å². The molecule has 0 amide bonds. The molecule has 4 heterocycles. The lowest BCUT2D eigenvalue weighted by Crippen LogP contribution is -2.41. The van der Waals surface area contributed by atoms with Crippen molar-refractivity contribution in [1.82, 2.24) is 31.5 Å². The maximum Gasteiger partial charge on any atom is 0.122 e. The van der Waals surface area contributed by atoms with Gasteiger partial charge in [-0.1, -0.05) is 24.3 Å². The smallest absolute Gasteiger partial charge is 0.122 e. The number of nitrogens with zero attached hydrogens (tertiary/aromatic N) is 2. The quantitative estimate of drug-likeness (QED) is 0.358. The van der Waals surface area contributed by atoms with Gasteiger partial charge in [-0.3, -0.25) is 10.9 Å². The summed E-state index contributed by atoms with van der Waals surface area (Å²) >= 11 is 1.64. The summed E-state index contributed by atoms with van der Waals surface area (Å²) in [6.07, 6.45) is 0.581. The summed E-state index contributed by atoms with van der Waals surface area (Å²) in [6, 6.07) is 14.1. The molecule has 3 aromatic rings. The first-order valence-electron chi connectivity index (χ1n) is 10.6. The van der Waals surface area contributed by atoms with E-state index in [0.29, 0.717) is 0 Å². The van der Waals surface area contributed by atoms with Crippen molar-refractivity contribution in [1.29, 1.82) is 0 Å². The SMILES string of the molecule is CC1NNC(O)C1C(c1cn(-c2ccccc2)nc1-c1cccs1)C1C(C)NNC1O. The van der Waals surface area contributed by atoms with Gasteiger partial charge in [0, 0.05) is 41.6 Å². The molecule has 2 saturated heterocycles. The standard InChI is InChI=1S/C22H28N6O2S/c1-12-17(21(29)25-23-12)19(18-13(2)24-26-22(18)30)15-11-28(14-7-4-3-5-8-14)27-20(15)16-9-6-10-31-16/h3-13,17-19,21-26,29-30H,1-2H3. The van der Waals surface area contributed by atoms with Crippen LogP contribution < -0.4 is 21.7 Å². The maximum atomic E-state index is 10.8. The molecular formula is C22H28N6O2S. The Kier molecular flexibility index (Phi) is 5.65. The van der Waals surface area contributed by atoms with Gasteiger partial charge in [0.1, 0.15) is 18.1 Å². The van der Waals surface area contributed by atoms with Crippen LogP contribution in [0.1, 0.15) is 25.3 Å². The largest absolute Gasteiger partial charge is 0.377 e. The number of aliphatic hydroxyl groups excluding tert-OH is 2. The normalized spacial score (nSPS) is 31.9. The highest BCUT2D eigenvalue weighted by molar-refractivity contribution is 7.13. The van der Waals surface area contributed by atoms with E-state index < -0.39 is 12.5 Å². The molecule has 2 fully saturated rings. The number of para-hydroxylation sites is 1. The van der Waals surface area contributed by atoms with Crippen LogP contribution in [-0.4, -0.2) is 44.5 Å². The first-order valence-corrected chi connectivity index (χ1v) is 11.5. The molecule has 0 saturated carbocycles. The first kappa shape index (κ1) is 20.8. The molecule has 9 heteroatoms. The van der Waals surface area contributed by atoms with Crippen molar-refractivity contribution in [2.24, 2.45) is 11.8 Å². The Balaban J connectivity index is 1.69. The van der Waals surface area contributed by atoms with E-state index in [2.05, 4.69) is 47.8 Å². The molecule has 1 aromatic carbocycles. The van der Waals surface area contributed by atoms with Gasteiger partial charge >= 0.3 is 0 Å². The van der Waals surface area contributed by atoms with E-state index in [0.717, 1.165) is 21.8 Å². The van der Waals surface area contributed by atoms with Gasteiger partial charge in [-0.15, -0.1) is 11.3 Å². The van der Waals surface area contributed by atoms with E-state index in [1.165, 1.54) is 0 Å². The van der Waals surface area contributed by atoms with Gasteiger partial charge in [-0.2, -0.15) is 5.10 Å². The average Bonchev–Trinajstić information content (AvgIpc) is 3.55. The van der Waals surface area contributed by atoms with E-state index in [1.54, 1.807) is 11.3 Å². The zero-order chi connectivity index (χ0) is 21.5. The van der Waals surface area contributed by atoms with E-state index in [-0.39, 0.29) is 29.8 Å². The number of nitrogens with one attached hydrogen (secondary N) is 4. The monoisotopic (exact) mass is 440 g/mol. The van der Waals surface area contributed by atoms with Gasteiger partial charge in [0.05, 0.1) is 10.6 Å². The predicted molar refractivity (Wildman–Crippen MR) is 120 cm³/mol. The summed E-state index contributed by atoms with van der Waals surface area (Å²) in [5.74, 6) is -0.471. The van der Waals surface area contributed by atoms with E-state index >= 15 is 0 Å². The van der Waals surface area contributed by atoms with Crippen LogP contribution in [-0.2, 0) is 0 Å². The molecule has 0 radical (unpaired) electrons. The predicted octanol–water partition coefficient (Wildman–Crippen LogP) is 1.55. The van der Waals surface area contributed by atoms with Crippen molar-refractivity contribution in [2.75, 3.05) is 0 Å². The number of benzene rings is 1. The summed E-state index contributed by atoms with van der Waals surface area (Å²) in [4.78, 5) is 1.07. The van der Waals surface area contributed by atoms with Gasteiger partial charge < -0.3 is 10.2 Å². The van der Waals surface area contributed by atoms with Crippen LogP contribution in [0.4, 0.5) is 0 Å². The Morgan fingerprint density at radius 1 is 0.903 bits per heavy atom. The van der Waals surface area contributed by atoms with Gasteiger partial charge in [-0.05, 0) is 37.4 Å². The molecule has 6 unspecified atom stereocenters. The lowest BCUT2D eigenvalue weighted by atomic mass is 9.71. The minimum Gasteiger partial charge on any atom is -0.377 e. The summed E-state index contributed by atoms with van der Waals surface area (Å²) in [6.45, 7) is 4.11. The van der Waals surface area contributed by atoms with Gasteiger partial charge in [0.25, 0.3) is 0 Å². The Morgan fingerprint density at radius 2 is 1.55 bits per heavy atom. The number of hydrogen-bond acceptors (Lipinski definition) is 8. The van der Waals surface area contributed by atoms with Gasteiger partial charge in [0.2, 0.25) is 0 Å². The highest BCUT2D eigenvalue weighted by Gasteiger charge is 2.49. The number of hydrazine groups is 2. The molecule has 0 spiro atoms. The molecule has 31 heavy (non-hydrogen) atoms. The molecule has 6 atom stereocenters. The second-order valence-corrected chi connectivity index (χ2v) is 9.36.